The van der Waals surface area contributed by atoms with Crippen LogP contribution in [0.2, 0.25) is 0 Å². The Labute approximate surface area is 103 Å². The van der Waals surface area contributed by atoms with E-state index in [2.05, 4.69) is 15.1 Å². The van der Waals surface area contributed by atoms with Gasteiger partial charge in [0.2, 0.25) is 5.91 Å². The Hall–Kier alpha value is -1.68. The monoisotopic (exact) mass is 283 g/mol. The summed E-state index contributed by atoms with van der Waals surface area (Å²) in [5, 5.41) is 3.77. The summed E-state index contributed by atoms with van der Waals surface area (Å²) in [6.45, 7) is -0.338. The number of nitrogens with one attached hydrogen (secondary N) is 2. The number of carbonyl (C=O) groups excluding carboxylic acids is 2. The quantitative estimate of drug-likeness (QED) is 0.817. The molecule has 1 rings (SSSR count). The maximum absolute atomic E-state index is 11.7. The van der Waals surface area contributed by atoms with Crippen LogP contribution in [0.3, 0.4) is 0 Å². The number of aromatic nitrogens is 1. The van der Waals surface area contributed by atoms with Crippen LogP contribution in [0, 0.1) is 0 Å². The van der Waals surface area contributed by atoms with Gasteiger partial charge >= 0.3 is 6.18 Å². The second-order valence-electron chi connectivity index (χ2n) is 3.05. The van der Waals surface area contributed by atoms with Gasteiger partial charge < -0.3 is 5.32 Å². The van der Waals surface area contributed by atoms with Crippen molar-refractivity contribution >= 4 is 28.3 Å². The molecule has 18 heavy (non-hydrogen) atoms. The molecule has 1 aromatic heterocycles. The minimum absolute atomic E-state index is 0.147. The van der Waals surface area contributed by atoms with Crippen molar-refractivity contribution in [2.75, 3.05) is 11.9 Å². The molecule has 1 heterocycles. The molecule has 0 radical (unpaired) electrons. The first-order valence-electron chi connectivity index (χ1n) is 4.50. The van der Waals surface area contributed by atoms with Crippen LogP contribution < -0.4 is 10.8 Å². The van der Waals surface area contributed by atoms with Crippen LogP contribution in [-0.4, -0.2) is 29.6 Å². The molecule has 2 N–H and O–H groups in total. The van der Waals surface area contributed by atoms with Crippen LogP contribution >= 0.6 is 11.3 Å². The predicted octanol–water partition coefficient (Wildman–Crippen LogP) is 1.33. The minimum atomic E-state index is -4.53. The van der Waals surface area contributed by atoms with Crippen molar-refractivity contribution in [1.82, 2.24) is 10.5 Å². The van der Waals surface area contributed by atoms with Crippen molar-refractivity contribution < 1.29 is 27.6 Å². The van der Waals surface area contributed by atoms with E-state index < -0.39 is 18.7 Å². The molecule has 0 atom stereocenters. The smallest absolute Gasteiger partial charge is 0.302 e. The lowest BCUT2D eigenvalue weighted by molar-refractivity contribution is -0.184. The fourth-order valence-corrected chi connectivity index (χ4v) is 1.56. The van der Waals surface area contributed by atoms with E-state index >= 15 is 0 Å². The summed E-state index contributed by atoms with van der Waals surface area (Å²) >= 11 is 0.964. The number of alkyl halides is 3. The summed E-state index contributed by atoms with van der Waals surface area (Å²) in [6.07, 6.45) is -4.53. The van der Waals surface area contributed by atoms with E-state index in [9.17, 15) is 22.8 Å². The summed E-state index contributed by atoms with van der Waals surface area (Å²) in [4.78, 5) is 29.6. The molecule has 0 unspecified atom stereocenters. The molecule has 0 aliphatic carbocycles. The van der Waals surface area contributed by atoms with E-state index in [0.29, 0.717) is 0 Å². The maximum Gasteiger partial charge on any atom is 0.414 e. The molecule has 0 saturated heterocycles. The van der Waals surface area contributed by atoms with Crippen LogP contribution in [0.15, 0.2) is 5.38 Å². The Morgan fingerprint density at radius 2 is 2.17 bits per heavy atom. The fourth-order valence-electron chi connectivity index (χ4n) is 0.822. The summed E-state index contributed by atoms with van der Waals surface area (Å²) in [7, 11) is 0. The van der Waals surface area contributed by atoms with Gasteiger partial charge in [0.25, 0.3) is 5.91 Å². The average Bonchev–Trinajstić information content (AvgIpc) is 2.63. The summed E-state index contributed by atoms with van der Waals surface area (Å²) < 4.78 is 35.2. The van der Waals surface area contributed by atoms with Crippen molar-refractivity contribution in [2.45, 2.75) is 13.1 Å². The number of thiazole rings is 1. The molecule has 10 heteroatoms. The zero-order chi connectivity index (χ0) is 13.8. The highest BCUT2D eigenvalue weighted by atomic mass is 32.1. The highest BCUT2D eigenvalue weighted by Crippen LogP contribution is 2.16. The van der Waals surface area contributed by atoms with Crippen LogP contribution in [0.25, 0.3) is 0 Å². The van der Waals surface area contributed by atoms with E-state index in [1.165, 1.54) is 12.3 Å². The first kappa shape index (κ1) is 14.4. The molecule has 0 aliphatic rings. The van der Waals surface area contributed by atoms with E-state index in [1.807, 2.05) is 0 Å². The third-order valence-corrected chi connectivity index (χ3v) is 2.18. The molecule has 0 saturated carbocycles. The molecule has 0 aromatic carbocycles. The van der Waals surface area contributed by atoms with Crippen molar-refractivity contribution in [1.29, 1.82) is 0 Å². The molecule has 100 valence electrons. The molecule has 6 nitrogen and oxygen atoms in total. The summed E-state index contributed by atoms with van der Waals surface area (Å²) in [5.41, 5.74) is 1.45. The van der Waals surface area contributed by atoms with Crippen LogP contribution in [0.1, 0.15) is 17.4 Å². The van der Waals surface area contributed by atoms with Crippen LogP contribution in [0.4, 0.5) is 18.3 Å². The largest absolute Gasteiger partial charge is 0.414 e. The van der Waals surface area contributed by atoms with E-state index in [0.717, 1.165) is 11.3 Å². The third kappa shape index (κ3) is 5.10. The van der Waals surface area contributed by atoms with Gasteiger partial charge in [0.15, 0.2) is 11.7 Å². The van der Waals surface area contributed by atoms with Crippen molar-refractivity contribution in [3.8, 4) is 0 Å². The van der Waals surface area contributed by atoms with Gasteiger partial charge in [-0.25, -0.2) is 10.5 Å². The highest BCUT2D eigenvalue weighted by molar-refractivity contribution is 7.14. The number of carbonyl (C=O) groups is 2. The third-order valence-electron chi connectivity index (χ3n) is 1.42. The molecule has 0 bridgehead atoms. The lowest BCUT2D eigenvalue weighted by Gasteiger charge is -2.06. The van der Waals surface area contributed by atoms with Crippen LogP contribution in [0.5, 0.6) is 0 Å². The zero-order valence-electron chi connectivity index (χ0n) is 9.00. The Bertz CT molecular complexity index is 446. The first-order valence-corrected chi connectivity index (χ1v) is 5.38. The van der Waals surface area contributed by atoms with Gasteiger partial charge in [-0.1, -0.05) is 0 Å². The number of halogens is 3. The molecular weight excluding hydrogens is 275 g/mol. The maximum atomic E-state index is 11.7. The van der Waals surface area contributed by atoms with E-state index in [1.54, 1.807) is 5.48 Å². The fraction of sp³-hybridized carbons (Fsp3) is 0.375. The standard InChI is InChI=1S/C8H8F3N3O3S/c1-4(15)12-7-13-5(2-18-7)6(16)14-17-3-8(9,10)11/h2H,3H2,1H3,(H,14,16)(H,12,13,15). The number of rotatable bonds is 4. The van der Waals surface area contributed by atoms with Crippen molar-refractivity contribution in [3.05, 3.63) is 11.1 Å². The normalized spacial score (nSPS) is 11.1. The summed E-state index contributed by atoms with van der Waals surface area (Å²) in [6, 6.07) is 0. The van der Waals surface area contributed by atoms with Crippen molar-refractivity contribution in [3.63, 3.8) is 0 Å². The van der Waals surface area contributed by atoms with Gasteiger partial charge in [0.1, 0.15) is 5.69 Å². The number of nitrogens with zero attached hydrogens (tertiary/aromatic N) is 1. The topological polar surface area (TPSA) is 80.3 Å². The molecule has 0 aliphatic heterocycles. The molecule has 0 spiro atoms. The number of hydrogen-bond acceptors (Lipinski definition) is 5. The molecule has 1 aromatic rings. The number of amides is 2. The van der Waals surface area contributed by atoms with Gasteiger partial charge in [-0.15, -0.1) is 11.3 Å². The predicted molar refractivity (Wildman–Crippen MR) is 55.9 cm³/mol. The summed E-state index contributed by atoms with van der Waals surface area (Å²) in [5.74, 6) is -1.29. The number of hydrogen-bond donors (Lipinski definition) is 2. The Morgan fingerprint density at radius 3 is 2.72 bits per heavy atom. The Balaban J connectivity index is 2.47. The van der Waals surface area contributed by atoms with Crippen molar-refractivity contribution in [2.24, 2.45) is 0 Å². The highest BCUT2D eigenvalue weighted by Gasteiger charge is 2.28. The van der Waals surface area contributed by atoms with E-state index in [4.69, 9.17) is 0 Å². The molecular formula is C8H8F3N3O3S. The van der Waals surface area contributed by atoms with Gasteiger partial charge in [-0.3, -0.25) is 14.4 Å². The second-order valence-corrected chi connectivity index (χ2v) is 3.91. The minimum Gasteiger partial charge on any atom is -0.302 e. The van der Waals surface area contributed by atoms with Gasteiger partial charge in [-0.2, -0.15) is 13.2 Å². The lowest BCUT2D eigenvalue weighted by Crippen LogP contribution is -2.29. The van der Waals surface area contributed by atoms with Gasteiger partial charge in [-0.05, 0) is 0 Å². The second kappa shape index (κ2) is 5.78. The molecule has 0 fully saturated rings. The SMILES string of the molecule is CC(=O)Nc1nc(C(=O)NOCC(F)(F)F)cs1. The Morgan fingerprint density at radius 1 is 1.50 bits per heavy atom. The van der Waals surface area contributed by atoms with Crippen LogP contribution in [-0.2, 0) is 9.63 Å². The Kier molecular flexibility index (Phi) is 4.62. The van der Waals surface area contributed by atoms with Gasteiger partial charge in [0.05, 0.1) is 0 Å². The number of anilines is 1. The number of hydroxylamine groups is 1. The lowest BCUT2D eigenvalue weighted by atomic mass is 10.5. The average molecular weight is 283 g/mol. The van der Waals surface area contributed by atoms with Gasteiger partial charge in [0, 0.05) is 12.3 Å². The first-order chi connectivity index (χ1) is 8.28. The molecule has 2 amide bonds. The van der Waals surface area contributed by atoms with E-state index in [-0.39, 0.29) is 16.7 Å². The zero-order valence-corrected chi connectivity index (χ0v) is 9.82.